The van der Waals surface area contributed by atoms with Gasteiger partial charge >= 0.3 is 6.09 Å². The zero-order valence-corrected chi connectivity index (χ0v) is 12.7. The number of hydrogen-bond acceptors (Lipinski definition) is 5. The van der Waals surface area contributed by atoms with Gasteiger partial charge in [-0.15, -0.1) is 11.3 Å². The fourth-order valence-corrected chi connectivity index (χ4v) is 3.85. The van der Waals surface area contributed by atoms with Gasteiger partial charge in [-0.25, -0.2) is 9.78 Å². The van der Waals surface area contributed by atoms with E-state index in [2.05, 4.69) is 23.8 Å². The van der Waals surface area contributed by atoms with Gasteiger partial charge in [-0.05, 0) is 19.3 Å². The normalized spacial score (nSPS) is 20.0. The third-order valence-electron chi connectivity index (χ3n) is 3.82. The summed E-state index contributed by atoms with van der Waals surface area (Å²) in [5.74, 6) is 0. The Balaban J connectivity index is 1.65. The number of amides is 1. The van der Waals surface area contributed by atoms with Crippen molar-refractivity contribution >= 4 is 23.8 Å². The highest BCUT2D eigenvalue weighted by molar-refractivity contribution is 7.11. The maximum Gasteiger partial charge on any atom is 0.415 e. The molecule has 0 spiro atoms. The Bertz CT molecular complexity index is 551. The maximum atomic E-state index is 11.8. The third kappa shape index (κ3) is 2.57. The largest absolute Gasteiger partial charge is 0.442 e. The lowest BCUT2D eigenvalue weighted by molar-refractivity contribution is 0.119. The van der Waals surface area contributed by atoms with Gasteiger partial charge in [-0.3, -0.25) is 9.89 Å². The van der Waals surface area contributed by atoms with Gasteiger partial charge in [0.25, 0.3) is 0 Å². The van der Waals surface area contributed by atoms with E-state index in [4.69, 9.17) is 4.74 Å². The highest BCUT2D eigenvalue weighted by atomic mass is 32.1. The van der Waals surface area contributed by atoms with Crippen LogP contribution in [0.2, 0.25) is 0 Å². The minimum atomic E-state index is -0.335. The molecule has 3 rings (SSSR count). The van der Waals surface area contributed by atoms with E-state index in [-0.39, 0.29) is 18.1 Å². The van der Waals surface area contributed by atoms with Gasteiger partial charge in [0.15, 0.2) is 0 Å². The molecular formula is C14H19N3O2S. The third-order valence-corrected chi connectivity index (χ3v) is 5.25. The van der Waals surface area contributed by atoms with Crippen LogP contribution in [0.25, 0.3) is 0 Å². The zero-order valence-electron chi connectivity index (χ0n) is 11.9. The standard InChI is InChI=1S/C14H19N3O2S/c1-14(2)5-3-4-10-12(14)20-11(16-10)8-19-13(18)17-7-6-15-9-17/h9H,3-8H2,1-2H3. The van der Waals surface area contributed by atoms with Gasteiger partial charge < -0.3 is 4.74 Å². The van der Waals surface area contributed by atoms with Gasteiger partial charge in [0.2, 0.25) is 0 Å². The predicted octanol–water partition coefficient (Wildman–Crippen LogP) is 2.74. The van der Waals surface area contributed by atoms with E-state index in [1.165, 1.54) is 34.7 Å². The molecule has 5 nitrogen and oxygen atoms in total. The van der Waals surface area contributed by atoms with Crippen molar-refractivity contribution in [3.8, 4) is 0 Å². The first-order valence-electron chi connectivity index (χ1n) is 6.99. The molecule has 108 valence electrons. The van der Waals surface area contributed by atoms with Crippen molar-refractivity contribution in [2.24, 2.45) is 4.99 Å². The molecule has 1 aliphatic carbocycles. The van der Waals surface area contributed by atoms with Crippen molar-refractivity contribution in [1.82, 2.24) is 9.88 Å². The highest BCUT2D eigenvalue weighted by Crippen LogP contribution is 2.40. The molecule has 0 N–H and O–H groups in total. The molecule has 0 saturated heterocycles. The van der Waals surface area contributed by atoms with E-state index in [1.54, 1.807) is 11.3 Å². The van der Waals surface area contributed by atoms with Crippen molar-refractivity contribution in [3.05, 3.63) is 15.6 Å². The van der Waals surface area contributed by atoms with Crippen molar-refractivity contribution in [3.63, 3.8) is 0 Å². The summed E-state index contributed by atoms with van der Waals surface area (Å²) >= 11 is 1.69. The first-order chi connectivity index (χ1) is 9.56. The number of rotatable bonds is 2. The monoisotopic (exact) mass is 293 g/mol. The first-order valence-corrected chi connectivity index (χ1v) is 7.80. The summed E-state index contributed by atoms with van der Waals surface area (Å²) in [5, 5.41) is 0.898. The number of thiazole rings is 1. The Morgan fingerprint density at radius 3 is 3.10 bits per heavy atom. The summed E-state index contributed by atoms with van der Waals surface area (Å²) < 4.78 is 5.30. The van der Waals surface area contributed by atoms with E-state index in [0.29, 0.717) is 13.1 Å². The topological polar surface area (TPSA) is 54.8 Å². The fraction of sp³-hybridized carbons (Fsp3) is 0.643. The number of aliphatic imine (C=N–C) groups is 1. The molecule has 0 unspecified atom stereocenters. The molecule has 2 heterocycles. The molecule has 1 aromatic heterocycles. The smallest absolute Gasteiger partial charge is 0.415 e. The molecule has 6 heteroatoms. The van der Waals surface area contributed by atoms with Gasteiger partial charge in [0.05, 0.1) is 18.6 Å². The molecule has 0 atom stereocenters. The Labute approximate surface area is 122 Å². The van der Waals surface area contributed by atoms with Crippen LogP contribution in [0.5, 0.6) is 0 Å². The van der Waals surface area contributed by atoms with Crippen LogP contribution in [0.1, 0.15) is 42.3 Å². The van der Waals surface area contributed by atoms with Gasteiger partial charge in [-0.1, -0.05) is 13.8 Å². The number of carbonyl (C=O) groups excluding carboxylic acids is 1. The number of fused-ring (bicyclic) bond motifs is 1. The predicted molar refractivity (Wildman–Crippen MR) is 78.3 cm³/mol. The molecular weight excluding hydrogens is 274 g/mol. The van der Waals surface area contributed by atoms with Gasteiger partial charge in [-0.2, -0.15) is 0 Å². The van der Waals surface area contributed by atoms with E-state index in [0.717, 1.165) is 11.4 Å². The second-order valence-corrected chi connectivity index (χ2v) is 6.97. The average Bonchev–Trinajstić information content (AvgIpc) is 3.05. The summed E-state index contributed by atoms with van der Waals surface area (Å²) in [6.07, 6.45) is 4.64. The Morgan fingerprint density at radius 2 is 2.40 bits per heavy atom. The van der Waals surface area contributed by atoms with Crippen LogP contribution in [-0.2, 0) is 23.2 Å². The van der Waals surface area contributed by atoms with Crippen LogP contribution in [-0.4, -0.2) is 35.4 Å². The van der Waals surface area contributed by atoms with Crippen LogP contribution in [0.3, 0.4) is 0 Å². The maximum absolute atomic E-state index is 11.8. The Morgan fingerprint density at radius 1 is 1.55 bits per heavy atom. The Kier molecular flexibility index (Phi) is 3.50. The minimum Gasteiger partial charge on any atom is -0.442 e. The zero-order chi connectivity index (χ0) is 14.2. The SMILES string of the molecule is CC1(C)CCCc2nc(COC(=O)N3C=NCC3)sc21. The summed E-state index contributed by atoms with van der Waals surface area (Å²) in [6.45, 7) is 6.06. The first kappa shape index (κ1) is 13.5. The van der Waals surface area contributed by atoms with E-state index < -0.39 is 0 Å². The van der Waals surface area contributed by atoms with Crippen LogP contribution in [0, 0.1) is 0 Å². The minimum absolute atomic E-state index is 0.203. The van der Waals surface area contributed by atoms with Crippen LogP contribution < -0.4 is 0 Å². The van der Waals surface area contributed by atoms with E-state index in [1.807, 2.05) is 0 Å². The van der Waals surface area contributed by atoms with Crippen molar-refractivity contribution in [1.29, 1.82) is 0 Å². The van der Waals surface area contributed by atoms with E-state index >= 15 is 0 Å². The lowest BCUT2D eigenvalue weighted by atomic mass is 9.80. The number of carbonyl (C=O) groups is 1. The number of aromatic nitrogens is 1. The fourth-order valence-electron chi connectivity index (χ4n) is 2.70. The molecule has 1 aliphatic heterocycles. The lowest BCUT2D eigenvalue weighted by Gasteiger charge is -2.28. The number of nitrogens with zero attached hydrogens (tertiary/aromatic N) is 3. The summed E-state index contributed by atoms with van der Waals surface area (Å²) in [7, 11) is 0. The number of aryl methyl sites for hydroxylation is 1. The van der Waals surface area contributed by atoms with Crippen molar-refractivity contribution in [2.75, 3.05) is 13.1 Å². The molecule has 0 radical (unpaired) electrons. The van der Waals surface area contributed by atoms with Crippen molar-refractivity contribution in [2.45, 2.75) is 45.1 Å². The molecule has 0 saturated carbocycles. The number of hydrogen-bond donors (Lipinski definition) is 0. The molecule has 0 bridgehead atoms. The second kappa shape index (κ2) is 5.16. The van der Waals surface area contributed by atoms with E-state index in [9.17, 15) is 4.79 Å². The van der Waals surface area contributed by atoms with Crippen LogP contribution >= 0.6 is 11.3 Å². The molecule has 0 aromatic carbocycles. The Hall–Kier alpha value is -1.43. The number of ether oxygens (including phenoxy) is 1. The quantitative estimate of drug-likeness (QED) is 0.842. The second-order valence-electron chi connectivity index (χ2n) is 5.89. The summed E-state index contributed by atoms with van der Waals surface area (Å²) in [5.41, 5.74) is 1.40. The molecule has 1 aromatic rings. The van der Waals surface area contributed by atoms with Crippen LogP contribution in [0.4, 0.5) is 4.79 Å². The molecule has 1 amide bonds. The molecule has 0 fully saturated rings. The van der Waals surface area contributed by atoms with Crippen molar-refractivity contribution < 1.29 is 9.53 Å². The van der Waals surface area contributed by atoms with Gasteiger partial charge in [0, 0.05) is 16.8 Å². The van der Waals surface area contributed by atoms with Crippen LogP contribution in [0.15, 0.2) is 4.99 Å². The summed E-state index contributed by atoms with van der Waals surface area (Å²) in [4.78, 5) is 23.3. The molecule has 20 heavy (non-hydrogen) atoms. The lowest BCUT2D eigenvalue weighted by Crippen LogP contribution is -2.28. The van der Waals surface area contributed by atoms with Gasteiger partial charge in [0.1, 0.15) is 11.6 Å². The summed E-state index contributed by atoms with van der Waals surface area (Å²) in [6, 6.07) is 0. The highest BCUT2D eigenvalue weighted by Gasteiger charge is 2.31. The average molecular weight is 293 g/mol. The molecule has 2 aliphatic rings.